The van der Waals surface area contributed by atoms with Crippen molar-refractivity contribution in [3.8, 4) is 6.07 Å². The van der Waals surface area contributed by atoms with Crippen LogP contribution in [0.15, 0.2) is 35.4 Å². The number of benzene rings is 1. The van der Waals surface area contributed by atoms with Crippen LogP contribution < -0.4 is 0 Å². The van der Waals surface area contributed by atoms with Crippen LogP contribution in [0.5, 0.6) is 0 Å². The molecule has 1 aromatic heterocycles. The van der Waals surface area contributed by atoms with Crippen LogP contribution in [0, 0.1) is 25.2 Å². The number of aromatic nitrogens is 2. The SMILES string of the molecule is CCn1nc(C)c([C@H](C#N)N2N=C(C)C[C@H]2c2ccccc2)c1C. The molecule has 0 N–H and O–H groups in total. The molecule has 3 rings (SSSR count). The highest BCUT2D eigenvalue weighted by Crippen LogP contribution is 2.39. The quantitative estimate of drug-likeness (QED) is 0.858. The Bertz CT molecular complexity index is 797. The van der Waals surface area contributed by atoms with Gasteiger partial charge in [0.15, 0.2) is 6.04 Å². The molecule has 0 saturated carbocycles. The molecule has 24 heavy (non-hydrogen) atoms. The molecule has 5 nitrogen and oxygen atoms in total. The number of hydrazone groups is 1. The summed E-state index contributed by atoms with van der Waals surface area (Å²) in [6.07, 6.45) is 0.849. The molecule has 2 heterocycles. The first-order valence-electron chi connectivity index (χ1n) is 8.37. The summed E-state index contributed by atoms with van der Waals surface area (Å²) >= 11 is 0. The number of rotatable bonds is 4. The average Bonchev–Trinajstić information content (AvgIpc) is 3.11. The molecule has 0 unspecified atom stereocenters. The molecule has 1 aromatic carbocycles. The monoisotopic (exact) mass is 321 g/mol. The topological polar surface area (TPSA) is 57.2 Å². The first-order chi connectivity index (χ1) is 11.6. The summed E-state index contributed by atoms with van der Waals surface area (Å²) in [5, 5.41) is 21.2. The van der Waals surface area contributed by atoms with Gasteiger partial charge in [-0.25, -0.2) is 0 Å². The Kier molecular flexibility index (Phi) is 4.39. The highest BCUT2D eigenvalue weighted by Gasteiger charge is 2.35. The molecule has 2 aromatic rings. The zero-order chi connectivity index (χ0) is 17.3. The molecular formula is C19H23N5. The van der Waals surface area contributed by atoms with E-state index in [2.05, 4.69) is 30.2 Å². The zero-order valence-corrected chi connectivity index (χ0v) is 14.7. The first kappa shape index (κ1) is 16.3. The van der Waals surface area contributed by atoms with E-state index in [4.69, 9.17) is 5.10 Å². The molecule has 0 amide bonds. The van der Waals surface area contributed by atoms with Crippen LogP contribution >= 0.6 is 0 Å². The molecule has 0 aliphatic carbocycles. The molecule has 2 atom stereocenters. The van der Waals surface area contributed by atoms with Crippen molar-refractivity contribution in [2.75, 3.05) is 0 Å². The fourth-order valence-electron chi connectivity index (χ4n) is 3.53. The van der Waals surface area contributed by atoms with E-state index in [1.807, 2.05) is 48.7 Å². The maximum Gasteiger partial charge on any atom is 0.162 e. The van der Waals surface area contributed by atoms with E-state index in [-0.39, 0.29) is 6.04 Å². The van der Waals surface area contributed by atoms with Crippen molar-refractivity contribution in [1.82, 2.24) is 14.8 Å². The van der Waals surface area contributed by atoms with Gasteiger partial charge in [-0.05, 0) is 33.3 Å². The lowest BCUT2D eigenvalue weighted by Crippen LogP contribution is -2.25. The van der Waals surface area contributed by atoms with E-state index < -0.39 is 6.04 Å². The van der Waals surface area contributed by atoms with Crippen LogP contribution in [0.4, 0.5) is 0 Å². The molecular weight excluding hydrogens is 298 g/mol. The van der Waals surface area contributed by atoms with Crippen LogP contribution in [0.1, 0.15) is 54.9 Å². The van der Waals surface area contributed by atoms with E-state index in [0.717, 1.165) is 35.6 Å². The first-order valence-corrected chi connectivity index (χ1v) is 8.37. The summed E-state index contributed by atoms with van der Waals surface area (Å²) in [5.41, 5.74) is 5.19. The Hall–Kier alpha value is -2.61. The van der Waals surface area contributed by atoms with Gasteiger partial charge in [0.25, 0.3) is 0 Å². The molecule has 0 radical (unpaired) electrons. The Morgan fingerprint density at radius 2 is 1.96 bits per heavy atom. The maximum absolute atomic E-state index is 9.92. The van der Waals surface area contributed by atoms with Crippen LogP contribution in [0.25, 0.3) is 0 Å². The molecule has 0 fully saturated rings. The van der Waals surface area contributed by atoms with Crippen LogP contribution in [0.2, 0.25) is 0 Å². The smallest absolute Gasteiger partial charge is 0.162 e. The van der Waals surface area contributed by atoms with E-state index in [9.17, 15) is 5.26 Å². The van der Waals surface area contributed by atoms with Crippen molar-refractivity contribution in [2.24, 2.45) is 5.10 Å². The third-order valence-electron chi connectivity index (χ3n) is 4.68. The largest absolute Gasteiger partial charge is 0.269 e. The molecule has 0 spiro atoms. The van der Waals surface area contributed by atoms with Gasteiger partial charge in [-0.2, -0.15) is 15.5 Å². The lowest BCUT2D eigenvalue weighted by atomic mass is 9.98. The highest BCUT2D eigenvalue weighted by atomic mass is 15.5. The summed E-state index contributed by atoms with van der Waals surface area (Å²) in [4.78, 5) is 0. The Labute approximate surface area is 143 Å². The third kappa shape index (κ3) is 2.69. The van der Waals surface area contributed by atoms with Gasteiger partial charge >= 0.3 is 0 Å². The number of nitrogens with zero attached hydrogens (tertiary/aromatic N) is 5. The van der Waals surface area contributed by atoms with Gasteiger partial charge in [-0.3, -0.25) is 9.69 Å². The Morgan fingerprint density at radius 1 is 1.25 bits per heavy atom. The van der Waals surface area contributed by atoms with Gasteiger partial charge in [0.05, 0.1) is 17.8 Å². The van der Waals surface area contributed by atoms with Crippen LogP contribution in [0.3, 0.4) is 0 Å². The van der Waals surface area contributed by atoms with Crippen molar-refractivity contribution in [2.45, 2.75) is 52.7 Å². The second-order valence-electron chi connectivity index (χ2n) is 6.28. The number of hydrogen-bond donors (Lipinski definition) is 0. The van der Waals surface area contributed by atoms with Gasteiger partial charge in [0, 0.05) is 29.9 Å². The van der Waals surface area contributed by atoms with Gasteiger partial charge in [0.1, 0.15) is 0 Å². The normalized spacial score (nSPS) is 18.4. The lowest BCUT2D eigenvalue weighted by Gasteiger charge is -2.28. The van der Waals surface area contributed by atoms with Crippen molar-refractivity contribution in [3.05, 3.63) is 52.8 Å². The van der Waals surface area contributed by atoms with Crippen molar-refractivity contribution >= 4 is 5.71 Å². The predicted octanol–water partition coefficient (Wildman–Crippen LogP) is 3.91. The maximum atomic E-state index is 9.92. The minimum atomic E-state index is -0.423. The Balaban J connectivity index is 2.04. The Morgan fingerprint density at radius 3 is 2.54 bits per heavy atom. The molecule has 1 aliphatic heterocycles. The average molecular weight is 321 g/mol. The minimum Gasteiger partial charge on any atom is -0.269 e. The highest BCUT2D eigenvalue weighted by molar-refractivity contribution is 5.84. The summed E-state index contributed by atoms with van der Waals surface area (Å²) in [7, 11) is 0. The van der Waals surface area contributed by atoms with Crippen molar-refractivity contribution in [1.29, 1.82) is 5.26 Å². The summed E-state index contributed by atoms with van der Waals surface area (Å²) in [6.45, 7) is 8.90. The summed E-state index contributed by atoms with van der Waals surface area (Å²) in [6, 6.07) is 12.4. The summed E-state index contributed by atoms with van der Waals surface area (Å²) < 4.78 is 1.96. The standard InChI is InChI=1S/C19H23N5/c1-5-23-15(4)19(14(3)22-23)18(12-20)24-17(11-13(2)21-24)16-9-7-6-8-10-16/h6-10,17-18H,5,11H2,1-4H3/t17-,18-/m0/s1. The van der Waals surface area contributed by atoms with Gasteiger partial charge in [0.2, 0.25) is 0 Å². The van der Waals surface area contributed by atoms with Crippen LogP contribution in [-0.2, 0) is 6.54 Å². The molecule has 1 aliphatic rings. The van der Waals surface area contributed by atoms with E-state index in [1.54, 1.807) is 0 Å². The predicted molar refractivity (Wildman–Crippen MR) is 94.5 cm³/mol. The number of nitriles is 1. The second-order valence-corrected chi connectivity index (χ2v) is 6.28. The number of aryl methyl sites for hydroxylation is 2. The van der Waals surface area contributed by atoms with Crippen molar-refractivity contribution in [3.63, 3.8) is 0 Å². The minimum absolute atomic E-state index is 0.0969. The molecule has 0 bridgehead atoms. The van der Waals surface area contributed by atoms with Gasteiger partial charge in [-0.15, -0.1) is 0 Å². The van der Waals surface area contributed by atoms with E-state index in [1.165, 1.54) is 5.56 Å². The summed E-state index contributed by atoms with van der Waals surface area (Å²) in [5.74, 6) is 0. The molecule has 124 valence electrons. The zero-order valence-electron chi connectivity index (χ0n) is 14.7. The molecule has 0 saturated heterocycles. The molecule has 5 heteroatoms. The third-order valence-corrected chi connectivity index (χ3v) is 4.68. The second kappa shape index (κ2) is 6.48. The van der Waals surface area contributed by atoms with Crippen molar-refractivity contribution < 1.29 is 0 Å². The lowest BCUT2D eigenvalue weighted by molar-refractivity contribution is 0.195. The van der Waals surface area contributed by atoms with E-state index in [0.29, 0.717) is 0 Å². The fraction of sp³-hybridized carbons (Fsp3) is 0.421. The van der Waals surface area contributed by atoms with Crippen LogP contribution in [-0.4, -0.2) is 20.5 Å². The number of hydrogen-bond acceptors (Lipinski definition) is 4. The van der Waals surface area contributed by atoms with E-state index >= 15 is 0 Å². The fourth-order valence-corrected chi connectivity index (χ4v) is 3.53. The van der Waals surface area contributed by atoms with Gasteiger partial charge in [-0.1, -0.05) is 30.3 Å². The van der Waals surface area contributed by atoms with Gasteiger partial charge < -0.3 is 0 Å².